The molecule has 0 aromatic carbocycles. The first-order valence-corrected chi connectivity index (χ1v) is 4.92. The largest absolute Gasteiger partial charge is 0.464 e. The quantitative estimate of drug-likeness (QED) is 0.262. The summed E-state index contributed by atoms with van der Waals surface area (Å²) in [5, 5.41) is 0. The van der Waals surface area contributed by atoms with Crippen molar-refractivity contribution in [1.29, 1.82) is 0 Å². The summed E-state index contributed by atoms with van der Waals surface area (Å²) < 4.78 is 4.77. The number of esters is 1. The van der Waals surface area contributed by atoms with Crippen molar-refractivity contribution in [3.63, 3.8) is 0 Å². The van der Waals surface area contributed by atoms with Crippen molar-refractivity contribution in [3.05, 3.63) is 0 Å². The number of ether oxygens (including phenoxy) is 1. The fourth-order valence-electron chi connectivity index (χ4n) is 1.10. The number of rotatable bonds is 8. The van der Waals surface area contributed by atoms with Crippen LogP contribution in [0.2, 0.25) is 0 Å². The molecule has 0 N–H and O–H groups in total. The second-order valence-electron chi connectivity index (χ2n) is 2.93. The number of isocyanates is 1. The molecule has 0 bridgehead atoms. The molecule has 0 saturated carbocycles. The summed E-state index contributed by atoms with van der Waals surface area (Å²) in [5.74, 6) is -0.465. The van der Waals surface area contributed by atoms with E-state index >= 15 is 0 Å². The molecule has 0 fully saturated rings. The summed E-state index contributed by atoms with van der Waals surface area (Å²) in [6.45, 7) is 6.00. The zero-order chi connectivity index (χ0) is 11.5. The normalized spacial score (nSPS) is 11.3. The molecule has 0 radical (unpaired) electrons. The molecule has 0 aliphatic rings. The van der Waals surface area contributed by atoms with E-state index in [0.29, 0.717) is 13.0 Å². The van der Waals surface area contributed by atoms with Crippen LogP contribution in [-0.4, -0.2) is 38.0 Å². The second-order valence-corrected chi connectivity index (χ2v) is 2.93. The number of hydrogen-bond acceptors (Lipinski definition) is 5. The van der Waals surface area contributed by atoms with Gasteiger partial charge in [0.1, 0.15) is 0 Å². The van der Waals surface area contributed by atoms with Gasteiger partial charge in [-0.2, -0.15) is 4.99 Å². The van der Waals surface area contributed by atoms with E-state index in [0.717, 1.165) is 12.8 Å². The van der Waals surface area contributed by atoms with Gasteiger partial charge in [0.25, 0.3) is 0 Å². The van der Waals surface area contributed by atoms with Crippen LogP contribution in [0.15, 0.2) is 9.98 Å². The van der Waals surface area contributed by atoms with Crippen LogP contribution in [0.25, 0.3) is 0 Å². The topological polar surface area (TPSA) is 68.1 Å². The van der Waals surface area contributed by atoms with Gasteiger partial charge in [-0.3, -0.25) is 0 Å². The number of nitrogens with zero attached hydrogens (tertiary/aromatic N) is 2. The van der Waals surface area contributed by atoms with Crippen molar-refractivity contribution in [2.24, 2.45) is 9.98 Å². The van der Waals surface area contributed by atoms with Gasteiger partial charge in [0, 0.05) is 6.54 Å². The second kappa shape index (κ2) is 9.09. The van der Waals surface area contributed by atoms with Crippen molar-refractivity contribution in [2.75, 3.05) is 13.2 Å². The Morgan fingerprint density at radius 3 is 2.80 bits per heavy atom. The molecule has 5 heteroatoms. The first kappa shape index (κ1) is 13.5. The highest BCUT2D eigenvalue weighted by atomic mass is 16.5. The number of carbonyl (C=O) groups is 1. The molecule has 0 spiro atoms. The van der Waals surface area contributed by atoms with Crippen molar-refractivity contribution in [2.45, 2.75) is 32.2 Å². The summed E-state index contributed by atoms with van der Waals surface area (Å²) in [6, 6.07) is -0.715. The predicted octanol–water partition coefficient (Wildman–Crippen LogP) is 1.12. The molecule has 15 heavy (non-hydrogen) atoms. The van der Waals surface area contributed by atoms with Crippen molar-refractivity contribution in [1.82, 2.24) is 0 Å². The third-order valence-electron chi connectivity index (χ3n) is 1.81. The molecule has 0 heterocycles. The van der Waals surface area contributed by atoms with E-state index in [4.69, 9.17) is 4.74 Å². The van der Waals surface area contributed by atoms with Crippen LogP contribution in [-0.2, 0) is 14.3 Å². The summed E-state index contributed by atoms with van der Waals surface area (Å²) in [4.78, 5) is 28.5. The fraction of sp³-hybridized carbons (Fsp3) is 0.700. The van der Waals surface area contributed by atoms with Crippen LogP contribution in [0, 0.1) is 0 Å². The molecule has 0 aliphatic heterocycles. The van der Waals surface area contributed by atoms with E-state index in [2.05, 4.69) is 16.7 Å². The van der Waals surface area contributed by atoms with Crippen molar-refractivity contribution in [3.8, 4) is 0 Å². The van der Waals surface area contributed by atoms with Gasteiger partial charge in [0.15, 0.2) is 6.04 Å². The van der Waals surface area contributed by atoms with E-state index in [-0.39, 0.29) is 6.61 Å². The molecule has 0 aromatic rings. The molecule has 0 saturated heterocycles. The van der Waals surface area contributed by atoms with E-state index in [1.54, 1.807) is 6.92 Å². The highest BCUT2D eigenvalue weighted by molar-refractivity contribution is 5.76. The van der Waals surface area contributed by atoms with Gasteiger partial charge in [-0.25, -0.2) is 9.59 Å². The lowest BCUT2D eigenvalue weighted by atomic mass is 10.1. The van der Waals surface area contributed by atoms with E-state index < -0.39 is 12.0 Å². The number of carbonyl (C=O) groups excluding carboxylic acids is 2. The molecule has 0 aromatic heterocycles. The summed E-state index contributed by atoms with van der Waals surface area (Å²) in [7, 11) is 0. The molecule has 1 atom stereocenters. The maximum atomic E-state index is 11.3. The lowest BCUT2D eigenvalue weighted by molar-refractivity contribution is -0.144. The van der Waals surface area contributed by atoms with Gasteiger partial charge in [-0.1, -0.05) is 0 Å². The molecular weight excluding hydrogens is 196 g/mol. The van der Waals surface area contributed by atoms with Gasteiger partial charge in [-0.15, -0.1) is 0 Å². The smallest absolute Gasteiger partial charge is 0.331 e. The summed E-state index contributed by atoms with van der Waals surface area (Å²) in [6.07, 6.45) is 3.46. The maximum Gasteiger partial charge on any atom is 0.331 e. The van der Waals surface area contributed by atoms with Gasteiger partial charge in [0.2, 0.25) is 6.08 Å². The van der Waals surface area contributed by atoms with Crippen LogP contribution in [0.1, 0.15) is 26.2 Å². The molecule has 84 valence electrons. The number of hydrogen-bond donors (Lipinski definition) is 0. The minimum absolute atomic E-state index is 0.290. The van der Waals surface area contributed by atoms with E-state index in [1.807, 2.05) is 0 Å². The Morgan fingerprint density at radius 2 is 2.27 bits per heavy atom. The zero-order valence-electron chi connectivity index (χ0n) is 8.94. The molecule has 0 aliphatic carbocycles. The molecule has 0 rings (SSSR count). The Hall–Kier alpha value is -1.48. The highest BCUT2D eigenvalue weighted by Gasteiger charge is 2.17. The van der Waals surface area contributed by atoms with Gasteiger partial charge in [-0.05, 0) is 32.9 Å². The number of unbranched alkanes of at least 4 members (excludes halogenated alkanes) is 1. The standard InChI is InChI=1S/C10H16N2O3/c1-3-15-10(14)9(12-8-13)6-4-5-7-11-2/h9H,2-7H2,1H3. The lowest BCUT2D eigenvalue weighted by Crippen LogP contribution is -2.21. The Kier molecular flexibility index (Phi) is 8.19. The summed E-state index contributed by atoms with van der Waals surface area (Å²) >= 11 is 0. The van der Waals surface area contributed by atoms with Crippen LogP contribution in [0.4, 0.5) is 0 Å². The number of aliphatic imine (C=N–C) groups is 2. The van der Waals surface area contributed by atoms with Gasteiger partial charge >= 0.3 is 5.97 Å². The van der Waals surface area contributed by atoms with Crippen molar-refractivity contribution >= 4 is 18.8 Å². The molecule has 5 nitrogen and oxygen atoms in total. The lowest BCUT2D eigenvalue weighted by Gasteiger charge is -2.08. The van der Waals surface area contributed by atoms with Crippen LogP contribution in [0.3, 0.4) is 0 Å². The van der Waals surface area contributed by atoms with Crippen LogP contribution < -0.4 is 0 Å². The monoisotopic (exact) mass is 212 g/mol. The third kappa shape index (κ3) is 6.57. The Morgan fingerprint density at radius 1 is 1.53 bits per heavy atom. The SMILES string of the molecule is C=NCCCCC(N=C=O)C(=O)OCC. The highest BCUT2D eigenvalue weighted by Crippen LogP contribution is 2.06. The first-order valence-electron chi connectivity index (χ1n) is 4.92. The zero-order valence-corrected chi connectivity index (χ0v) is 8.94. The average molecular weight is 212 g/mol. The predicted molar refractivity (Wildman–Crippen MR) is 56.8 cm³/mol. The van der Waals surface area contributed by atoms with Crippen LogP contribution in [0.5, 0.6) is 0 Å². The maximum absolute atomic E-state index is 11.3. The Labute approximate surface area is 89.3 Å². The Bertz CT molecular complexity index is 247. The van der Waals surface area contributed by atoms with Crippen LogP contribution >= 0.6 is 0 Å². The fourth-order valence-corrected chi connectivity index (χ4v) is 1.10. The third-order valence-corrected chi connectivity index (χ3v) is 1.81. The van der Waals surface area contributed by atoms with E-state index in [1.165, 1.54) is 6.08 Å². The minimum atomic E-state index is -0.715. The van der Waals surface area contributed by atoms with E-state index in [9.17, 15) is 9.59 Å². The Balaban J connectivity index is 3.98. The first-order chi connectivity index (χ1) is 7.26. The van der Waals surface area contributed by atoms with Gasteiger partial charge < -0.3 is 9.73 Å². The molecular formula is C10H16N2O3. The van der Waals surface area contributed by atoms with Gasteiger partial charge in [0.05, 0.1) is 6.61 Å². The summed E-state index contributed by atoms with van der Waals surface area (Å²) in [5.41, 5.74) is 0. The van der Waals surface area contributed by atoms with Crippen molar-refractivity contribution < 1.29 is 14.3 Å². The molecule has 0 amide bonds. The molecule has 1 unspecified atom stereocenters. The minimum Gasteiger partial charge on any atom is -0.464 e. The average Bonchev–Trinajstić information content (AvgIpc) is 2.23.